The van der Waals surface area contributed by atoms with Crippen molar-refractivity contribution >= 4 is 41.2 Å². The summed E-state index contributed by atoms with van der Waals surface area (Å²) in [4.78, 5) is 85.1. The van der Waals surface area contributed by atoms with Gasteiger partial charge in [-0.25, -0.2) is 0 Å². The van der Waals surface area contributed by atoms with E-state index in [1.54, 1.807) is 31.2 Å². The predicted molar refractivity (Wildman–Crippen MR) is 175 cm³/mol. The van der Waals surface area contributed by atoms with E-state index in [2.05, 4.69) is 21.3 Å². The van der Waals surface area contributed by atoms with Crippen molar-refractivity contribution in [1.29, 1.82) is 0 Å². The highest BCUT2D eigenvalue weighted by atomic mass is 16.2. The van der Waals surface area contributed by atoms with Gasteiger partial charge in [0.2, 0.25) is 35.4 Å². The maximum atomic E-state index is 12.5. The van der Waals surface area contributed by atoms with Crippen LogP contribution in [0.1, 0.15) is 93.1 Å². The van der Waals surface area contributed by atoms with Crippen molar-refractivity contribution < 1.29 is 33.6 Å². The van der Waals surface area contributed by atoms with E-state index in [-0.39, 0.29) is 61.8 Å². The van der Waals surface area contributed by atoms with E-state index < -0.39 is 30.3 Å². The molecule has 45 heavy (non-hydrogen) atoms. The molecule has 12 nitrogen and oxygen atoms in total. The molecule has 254 valence electrons. The van der Waals surface area contributed by atoms with Gasteiger partial charge in [0.1, 0.15) is 11.8 Å². The molecule has 1 aliphatic rings. The number of carbonyl (C=O) groups is 7. The molecule has 0 spiro atoms. The van der Waals surface area contributed by atoms with Gasteiger partial charge in [0.25, 0.3) is 0 Å². The Morgan fingerprint density at radius 3 is 1.91 bits per heavy atom. The maximum Gasteiger partial charge on any atom is 0.243 e. The van der Waals surface area contributed by atoms with Gasteiger partial charge in [-0.2, -0.15) is 0 Å². The lowest BCUT2D eigenvalue weighted by molar-refractivity contribution is -0.139. The number of hydrogen-bond donors (Lipinski definition) is 4. The maximum absolute atomic E-state index is 12.5. The Hall–Kier alpha value is -4.09. The van der Waals surface area contributed by atoms with Crippen LogP contribution in [0.5, 0.6) is 0 Å². The minimum absolute atomic E-state index is 0.152. The van der Waals surface area contributed by atoms with E-state index in [4.69, 9.17) is 0 Å². The molecule has 0 saturated carbocycles. The quantitative estimate of drug-likeness (QED) is 0.160. The van der Waals surface area contributed by atoms with Crippen molar-refractivity contribution in [3.8, 4) is 0 Å². The van der Waals surface area contributed by atoms with Gasteiger partial charge in [-0.3, -0.25) is 38.5 Å². The summed E-state index contributed by atoms with van der Waals surface area (Å²) < 4.78 is 0. The summed E-state index contributed by atoms with van der Waals surface area (Å²) in [7, 11) is 0. The van der Waals surface area contributed by atoms with E-state index in [0.717, 1.165) is 5.56 Å². The van der Waals surface area contributed by atoms with Crippen molar-refractivity contribution in [3.05, 3.63) is 35.9 Å². The van der Waals surface area contributed by atoms with Crippen molar-refractivity contribution in [3.63, 3.8) is 0 Å². The number of Topliss-reactive ketones (excluding diaryl/α,β-unsaturated/α-hetero) is 1. The molecule has 0 radical (unpaired) electrons. The minimum Gasteiger partial charge on any atom is -0.347 e. The number of benzene rings is 1. The number of amides is 6. The molecule has 2 unspecified atom stereocenters. The zero-order valence-electron chi connectivity index (χ0n) is 28.4. The Kier molecular flexibility index (Phi) is 25.2. The van der Waals surface area contributed by atoms with Gasteiger partial charge in [0.15, 0.2) is 0 Å². The first-order valence-electron chi connectivity index (χ1n) is 16.0. The van der Waals surface area contributed by atoms with Gasteiger partial charge in [-0.15, -0.1) is 0 Å². The summed E-state index contributed by atoms with van der Waals surface area (Å²) in [5.74, 6) is -2.83. The third kappa shape index (κ3) is 19.0. The Morgan fingerprint density at radius 1 is 0.778 bits per heavy atom. The predicted octanol–water partition coefficient (Wildman–Crippen LogP) is 2.69. The molecule has 1 heterocycles. The normalized spacial score (nSPS) is 13.8. The van der Waals surface area contributed by atoms with Gasteiger partial charge >= 0.3 is 0 Å². The Labute approximate surface area is 268 Å². The fraction of sp³-hybridized carbons (Fsp3) is 0.606. The van der Waals surface area contributed by atoms with Gasteiger partial charge in [0.05, 0.1) is 19.6 Å². The average molecular weight is 634 g/mol. The lowest BCUT2D eigenvalue weighted by Gasteiger charge is -2.18. The van der Waals surface area contributed by atoms with E-state index >= 15 is 0 Å². The lowest BCUT2D eigenvalue weighted by Crippen LogP contribution is -2.51. The highest BCUT2D eigenvalue weighted by Gasteiger charge is 2.34. The molecule has 4 N–H and O–H groups in total. The molecule has 1 aromatic carbocycles. The van der Waals surface area contributed by atoms with Crippen LogP contribution in [-0.2, 0) is 40.0 Å². The Balaban J connectivity index is 0. The van der Waals surface area contributed by atoms with Crippen molar-refractivity contribution in [2.45, 2.75) is 100.0 Å². The first-order valence-corrected chi connectivity index (χ1v) is 16.0. The molecule has 12 heteroatoms. The first-order chi connectivity index (χ1) is 21.6. The van der Waals surface area contributed by atoms with Gasteiger partial charge in [-0.1, -0.05) is 85.2 Å². The topological polar surface area (TPSA) is 171 Å². The largest absolute Gasteiger partial charge is 0.347 e. The molecule has 1 fully saturated rings. The van der Waals surface area contributed by atoms with E-state index in [1.165, 1.54) is 11.8 Å². The molecular weight excluding hydrogens is 578 g/mol. The second kappa shape index (κ2) is 26.3. The highest BCUT2D eigenvalue weighted by Crippen LogP contribution is 2.19. The van der Waals surface area contributed by atoms with Crippen LogP contribution in [0.3, 0.4) is 0 Å². The summed E-state index contributed by atoms with van der Waals surface area (Å²) in [6, 6.07) is 8.09. The second-order valence-corrected chi connectivity index (χ2v) is 9.58. The number of carbonyl (C=O) groups excluding carboxylic acids is 7. The minimum atomic E-state index is -0.944. The number of nitrogens with one attached hydrogen (secondary N) is 4. The zero-order valence-corrected chi connectivity index (χ0v) is 28.4. The van der Waals surface area contributed by atoms with E-state index in [0.29, 0.717) is 25.8 Å². The molecular formula is C33H55N5O7. The van der Waals surface area contributed by atoms with E-state index in [1.807, 2.05) is 47.6 Å². The van der Waals surface area contributed by atoms with Crippen molar-refractivity contribution in [2.75, 3.05) is 26.2 Å². The molecule has 0 aliphatic carbocycles. The first kappa shape index (κ1) is 43.0. The van der Waals surface area contributed by atoms with E-state index in [9.17, 15) is 33.6 Å². The summed E-state index contributed by atoms with van der Waals surface area (Å²) in [5.41, 5.74) is 0.806. The van der Waals surface area contributed by atoms with Gasteiger partial charge in [0, 0.05) is 31.7 Å². The van der Waals surface area contributed by atoms with Crippen LogP contribution in [0.25, 0.3) is 0 Å². The third-order valence-electron chi connectivity index (χ3n) is 6.09. The van der Waals surface area contributed by atoms with Crippen molar-refractivity contribution in [2.24, 2.45) is 5.92 Å². The number of nitrogens with zero attached hydrogens (tertiary/aromatic N) is 1. The molecule has 1 aromatic rings. The number of unbranched alkanes of at least 4 members (excludes halogenated alkanes) is 2. The van der Waals surface area contributed by atoms with Crippen LogP contribution in [-0.4, -0.2) is 78.3 Å². The molecule has 6 amide bonds. The Morgan fingerprint density at radius 2 is 1.36 bits per heavy atom. The summed E-state index contributed by atoms with van der Waals surface area (Å²) in [5, 5.41) is 9.92. The molecule has 0 aromatic heterocycles. The summed E-state index contributed by atoms with van der Waals surface area (Å²) >= 11 is 0. The highest BCUT2D eigenvalue weighted by molar-refractivity contribution is 6.03. The molecule has 2 atom stereocenters. The van der Waals surface area contributed by atoms with Crippen LogP contribution in [0.15, 0.2) is 30.3 Å². The van der Waals surface area contributed by atoms with Crippen LogP contribution in [0, 0.1) is 5.92 Å². The SMILES string of the molecule is CC.CC.CC.CC(=O)CNC(=O)C(Cc1ccccc1)NC(=O)CNC(=O)CNC(=O)CCCCCN1C(=O)CC(C)C1=O. The smallest absolute Gasteiger partial charge is 0.243 e. The molecule has 1 saturated heterocycles. The number of likely N-dealkylation sites (tertiary alicyclic amines) is 1. The molecule has 2 rings (SSSR count). The van der Waals surface area contributed by atoms with Crippen LogP contribution >= 0.6 is 0 Å². The Bertz CT molecular complexity index is 1060. The van der Waals surface area contributed by atoms with Crippen LogP contribution < -0.4 is 21.3 Å². The zero-order chi connectivity index (χ0) is 34.8. The molecule has 1 aliphatic heterocycles. The van der Waals surface area contributed by atoms with Gasteiger partial charge in [-0.05, 0) is 25.3 Å². The number of rotatable bonds is 16. The second-order valence-electron chi connectivity index (χ2n) is 9.58. The summed E-state index contributed by atoms with van der Waals surface area (Å²) in [6.45, 7) is 14.5. The standard InChI is InChI=1S/C27H37N5O7.3C2H6/c1-18-13-25(37)32(27(18)39)12-8-4-7-11-22(34)28-16-23(35)29-17-24(36)31-21(26(38)30-15-19(2)33)14-20-9-5-3-6-10-20;3*1-2/h3,5-6,9-10,18,21H,4,7-8,11-17H2,1-2H3,(H,28,34)(H,29,35)(H,30,38)(H,31,36);3*1-2H3. The third-order valence-corrected chi connectivity index (χ3v) is 6.09. The number of ketones is 1. The fourth-order valence-corrected chi connectivity index (χ4v) is 3.96. The number of hydrogen-bond acceptors (Lipinski definition) is 7. The number of imide groups is 1. The van der Waals surface area contributed by atoms with Crippen LogP contribution in [0.2, 0.25) is 0 Å². The lowest BCUT2D eigenvalue weighted by atomic mass is 10.1. The summed E-state index contributed by atoms with van der Waals surface area (Å²) in [6.07, 6.45) is 2.42. The molecule has 0 bridgehead atoms. The average Bonchev–Trinajstić information content (AvgIpc) is 3.30. The van der Waals surface area contributed by atoms with Crippen molar-refractivity contribution in [1.82, 2.24) is 26.2 Å². The van der Waals surface area contributed by atoms with Gasteiger partial charge < -0.3 is 21.3 Å². The van der Waals surface area contributed by atoms with Crippen LogP contribution in [0.4, 0.5) is 0 Å². The fourth-order valence-electron chi connectivity index (χ4n) is 3.96. The monoisotopic (exact) mass is 633 g/mol.